The Hall–Kier alpha value is -1.55. The Bertz CT molecular complexity index is 427. The Kier molecular flexibility index (Phi) is 3.07. The van der Waals surface area contributed by atoms with Crippen LogP contribution in [0.3, 0.4) is 0 Å². The number of carboxylic acid groups (broad SMARTS) is 1. The molecule has 1 fully saturated rings. The molecule has 2 N–H and O–H groups in total. The van der Waals surface area contributed by atoms with Gasteiger partial charge in [0.25, 0.3) is 0 Å². The van der Waals surface area contributed by atoms with Crippen LogP contribution in [0.1, 0.15) is 16.7 Å². The summed E-state index contributed by atoms with van der Waals surface area (Å²) < 4.78 is 0. The van der Waals surface area contributed by atoms with Crippen LogP contribution in [-0.4, -0.2) is 34.2 Å². The van der Waals surface area contributed by atoms with Crippen LogP contribution in [0.15, 0.2) is 12.1 Å². The van der Waals surface area contributed by atoms with E-state index >= 15 is 0 Å². The van der Waals surface area contributed by atoms with Crippen molar-refractivity contribution < 1.29 is 15.0 Å². The summed E-state index contributed by atoms with van der Waals surface area (Å²) in [6.45, 7) is 5.75. The molecule has 2 rings (SSSR count). The zero-order chi connectivity index (χ0) is 12.6. The summed E-state index contributed by atoms with van der Waals surface area (Å²) in [7, 11) is 0. The summed E-state index contributed by atoms with van der Waals surface area (Å²) >= 11 is 0. The van der Waals surface area contributed by atoms with Crippen LogP contribution in [0.5, 0.6) is 5.75 Å². The van der Waals surface area contributed by atoms with Gasteiger partial charge < -0.3 is 10.2 Å². The maximum absolute atomic E-state index is 10.7. The molecule has 0 radical (unpaired) electrons. The Morgan fingerprint density at radius 2 is 1.88 bits per heavy atom. The molecular formula is C13H17NO3. The van der Waals surface area contributed by atoms with E-state index in [1.165, 1.54) is 0 Å². The molecule has 1 heterocycles. The Labute approximate surface area is 100 Å². The number of nitrogens with zero attached hydrogens (tertiary/aromatic N) is 1. The largest absolute Gasteiger partial charge is 0.507 e. The van der Waals surface area contributed by atoms with E-state index in [1.807, 2.05) is 26.0 Å². The van der Waals surface area contributed by atoms with Gasteiger partial charge in [0.2, 0.25) is 0 Å². The number of aromatic hydroxyl groups is 1. The number of likely N-dealkylation sites (tertiary alicyclic amines) is 1. The van der Waals surface area contributed by atoms with E-state index in [2.05, 4.69) is 4.90 Å². The van der Waals surface area contributed by atoms with Crippen LogP contribution >= 0.6 is 0 Å². The molecule has 0 spiro atoms. The van der Waals surface area contributed by atoms with Gasteiger partial charge in [-0.2, -0.15) is 0 Å². The first-order valence-corrected chi connectivity index (χ1v) is 5.71. The van der Waals surface area contributed by atoms with Crippen LogP contribution in [0.25, 0.3) is 0 Å². The van der Waals surface area contributed by atoms with Gasteiger partial charge in [-0.15, -0.1) is 0 Å². The van der Waals surface area contributed by atoms with Crippen molar-refractivity contribution >= 4 is 5.97 Å². The highest BCUT2D eigenvalue weighted by atomic mass is 16.4. The SMILES string of the molecule is Cc1cc(CN2CC(C(=O)O)C2)cc(C)c1O. The fraction of sp³-hybridized carbons (Fsp3) is 0.462. The van der Waals surface area contributed by atoms with Crippen molar-refractivity contribution in [3.63, 3.8) is 0 Å². The molecule has 1 aliphatic rings. The molecule has 92 valence electrons. The van der Waals surface area contributed by atoms with Gasteiger partial charge in [-0.25, -0.2) is 0 Å². The topological polar surface area (TPSA) is 60.8 Å². The third-order valence-electron chi connectivity index (χ3n) is 3.26. The predicted molar refractivity (Wildman–Crippen MR) is 64.0 cm³/mol. The summed E-state index contributed by atoms with van der Waals surface area (Å²) in [6, 6.07) is 3.91. The minimum Gasteiger partial charge on any atom is -0.507 e. The molecule has 17 heavy (non-hydrogen) atoms. The van der Waals surface area contributed by atoms with Gasteiger partial charge in [-0.1, -0.05) is 12.1 Å². The van der Waals surface area contributed by atoms with E-state index in [1.54, 1.807) is 0 Å². The molecule has 4 nitrogen and oxygen atoms in total. The standard InChI is InChI=1S/C13H17NO3/c1-8-3-10(4-9(2)12(8)15)5-14-6-11(7-14)13(16)17/h3-4,11,15H,5-7H2,1-2H3,(H,16,17). The number of aryl methyl sites for hydroxylation is 2. The highest BCUT2D eigenvalue weighted by molar-refractivity contribution is 5.71. The first-order chi connectivity index (χ1) is 7.97. The van der Waals surface area contributed by atoms with E-state index in [9.17, 15) is 9.90 Å². The molecular weight excluding hydrogens is 218 g/mol. The lowest BCUT2D eigenvalue weighted by Gasteiger charge is -2.36. The van der Waals surface area contributed by atoms with Gasteiger partial charge in [-0.05, 0) is 30.5 Å². The second-order valence-electron chi connectivity index (χ2n) is 4.81. The average molecular weight is 235 g/mol. The Balaban J connectivity index is 1.99. The molecule has 0 amide bonds. The van der Waals surface area contributed by atoms with E-state index in [-0.39, 0.29) is 5.92 Å². The third kappa shape index (κ3) is 2.42. The minimum absolute atomic E-state index is 0.214. The van der Waals surface area contributed by atoms with E-state index in [0.29, 0.717) is 18.8 Å². The van der Waals surface area contributed by atoms with Crippen LogP contribution in [-0.2, 0) is 11.3 Å². The van der Waals surface area contributed by atoms with Gasteiger partial charge in [0.15, 0.2) is 0 Å². The average Bonchev–Trinajstić information content (AvgIpc) is 2.18. The smallest absolute Gasteiger partial charge is 0.309 e. The summed E-state index contributed by atoms with van der Waals surface area (Å²) in [6.07, 6.45) is 0. The van der Waals surface area contributed by atoms with Crippen molar-refractivity contribution in [1.82, 2.24) is 4.90 Å². The number of benzene rings is 1. The molecule has 0 aromatic heterocycles. The zero-order valence-electron chi connectivity index (χ0n) is 10.1. The molecule has 0 unspecified atom stereocenters. The van der Waals surface area contributed by atoms with E-state index in [4.69, 9.17) is 5.11 Å². The summed E-state index contributed by atoms with van der Waals surface area (Å²) in [5.41, 5.74) is 2.87. The van der Waals surface area contributed by atoms with E-state index in [0.717, 1.165) is 23.2 Å². The molecule has 0 bridgehead atoms. The fourth-order valence-electron chi connectivity index (χ4n) is 2.25. The quantitative estimate of drug-likeness (QED) is 0.834. The first-order valence-electron chi connectivity index (χ1n) is 5.71. The maximum atomic E-state index is 10.7. The second-order valence-corrected chi connectivity index (χ2v) is 4.81. The molecule has 0 atom stereocenters. The van der Waals surface area contributed by atoms with Crippen molar-refractivity contribution in [1.29, 1.82) is 0 Å². The molecule has 0 saturated carbocycles. The number of carbonyl (C=O) groups is 1. The van der Waals surface area contributed by atoms with Crippen molar-refractivity contribution in [2.75, 3.05) is 13.1 Å². The number of carboxylic acids is 1. The molecule has 1 aliphatic heterocycles. The Morgan fingerprint density at radius 1 is 1.35 bits per heavy atom. The van der Waals surface area contributed by atoms with Gasteiger partial charge in [0.1, 0.15) is 5.75 Å². The van der Waals surface area contributed by atoms with Gasteiger partial charge in [0.05, 0.1) is 5.92 Å². The number of phenolic OH excluding ortho intramolecular Hbond substituents is 1. The number of hydrogen-bond acceptors (Lipinski definition) is 3. The van der Waals surface area contributed by atoms with Crippen molar-refractivity contribution in [3.8, 4) is 5.75 Å². The number of phenols is 1. The lowest BCUT2D eigenvalue weighted by molar-refractivity contribution is -0.147. The summed E-state index contributed by atoms with van der Waals surface area (Å²) in [5.74, 6) is -0.575. The number of hydrogen-bond donors (Lipinski definition) is 2. The first kappa shape index (κ1) is 11.9. The normalized spacial score (nSPS) is 16.8. The summed E-state index contributed by atoms with van der Waals surface area (Å²) in [5, 5.41) is 18.4. The predicted octanol–water partition coefficient (Wildman–Crippen LogP) is 1.53. The van der Waals surface area contributed by atoms with E-state index < -0.39 is 5.97 Å². The molecule has 0 aliphatic carbocycles. The summed E-state index contributed by atoms with van der Waals surface area (Å²) in [4.78, 5) is 12.8. The zero-order valence-corrected chi connectivity index (χ0v) is 10.1. The lowest BCUT2D eigenvalue weighted by Crippen LogP contribution is -2.49. The van der Waals surface area contributed by atoms with Crippen molar-refractivity contribution in [3.05, 3.63) is 28.8 Å². The lowest BCUT2D eigenvalue weighted by atomic mass is 9.98. The van der Waals surface area contributed by atoms with Crippen LogP contribution in [0.4, 0.5) is 0 Å². The second kappa shape index (κ2) is 4.37. The number of aliphatic carboxylic acids is 1. The third-order valence-corrected chi connectivity index (χ3v) is 3.26. The van der Waals surface area contributed by atoms with Crippen LogP contribution in [0.2, 0.25) is 0 Å². The van der Waals surface area contributed by atoms with Crippen molar-refractivity contribution in [2.45, 2.75) is 20.4 Å². The fourth-order valence-corrected chi connectivity index (χ4v) is 2.25. The molecule has 1 saturated heterocycles. The molecule has 1 aromatic carbocycles. The molecule has 1 aromatic rings. The maximum Gasteiger partial charge on any atom is 0.309 e. The van der Waals surface area contributed by atoms with Crippen molar-refractivity contribution in [2.24, 2.45) is 5.92 Å². The van der Waals surface area contributed by atoms with Crippen LogP contribution in [0, 0.1) is 19.8 Å². The molecule has 4 heteroatoms. The monoisotopic (exact) mass is 235 g/mol. The minimum atomic E-state index is -0.709. The Morgan fingerprint density at radius 3 is 2.35 bits per heavy atom. The van der Waals surface area contributed by atoms with Gasteiger partial charge in [0, 0.05) is 19.6 Å². The number of rotatable bonds is 3. The highest BCUT2D eigenvalue weighted by Crippen LogP contribution is 2.25. The van der Waals surface area contributed by atoms with Crippen LogP contribution < -0.4 is 0 Å². The van der Waals surface area contributed by atoms with Gasteiger partial charge >= 0.3 is 5.97 Å². The van der Waals surface area contributed by atoms with Gasteiger partial charge in [-0.3, -0.25) is 9.69 Å². The highest BCUT2D eigenvalue weighted by Gasteiger charge is 2.32.